The van der Waals surface area contributed by atoms with Crippen LogP contribution in [0.1, 0.15) is 19.2 Å². The Morgan fingerprint density at radius 2 is 2.17 bits per heavy atom. The third-order valence-electron chi connectivity index (χ3n) is 2.77. The highest BCUT2D eigenvalue weighted by Crippen LogP contribution is 2.13. The minimum absolute atomic E-state index is 0.132. The molecule has 0 aliphatic rings. The van der Waals surface area contributed by atoms with Crippen molar-refractivity contribution in [2.45, 2.75) is 31.8 Å². The zero-order chi connectivity index (χ0) is 13.8. The summed E-state index contributed by atoms with van der Waals surface area (Å²) in [5.41, 5.74) is 0. The molecule has 104 valence electrons. The smallest absolute Gasteiger partial charge is 0.261 e. The number of imidazole rings is 1. The van der Waals surface area contributed by atoms with E-state index in [1.807, 2.05) is 18.4 Å². The van der Waals surface area contributed by atoms with Crippen molar-refractivity contribution in [1.29, 1.82) is 0 Å². The van der Waals surface area contributed by atoms with Crippen LogP contribution in [0.15, 0.2) is 11.2 Å². The van der Waals surface area contributed by atoms with E-state index in [0.29, 0.717) is 13.1 Å². The number of nitrogens with zero attached hydrogens (tertiary/aromatic N) is 3. The van der Waals surface area contributed by atoms with Gasteiger partial charge in [-0.3, -0.25) is 0 Å². The number of aromatic nitrogens is 2. The van der Waals surface area contributed by atoms with Gasteiger partial charge >= 0.3 is 0 Å². The van der Waals surface area contributed by atoms with Crippen LogP contribution in [0.2, 0.25) is 0 Å². The molecule has 6 nitrogen and oxygen atoms in total. The third-order valence-corrected chi connectivity index (χ3v) is 4.50. The Bertz CT molecular complexity index is 481. The van der Waals surface area contributed by atoms with Crippen LogP contribution in [0.3, 0.4) is 0 Å². The van der Waals surface area contributed by atoms with Crippen molar-refractivity contribution < 1.29 is 8.42 Å². The molecule has 1 N–H and O–H groups in total. The number of hydrogen-bond acceptors (Lipinski definition) is 4. The van der Waals surface area contributed by atoms with E-state index in [1.165, 1.54) is 4.31 Å². The third kappa shape index (κ3) is 3.30. The lowest BCUT2D eigenvalue weighted by molar-refractivity contribution is 0.463. The maximum atomic E-state index is 12.2. The minimum atomic E-state index is -3.47. The van der Waals surface area contributed by atoms with Gasteiger partial charge in [-0.1, -0.05) is 6.92 Å². The van der Waals surface area contributed by atoms with Gasteiger partial charge in [0.15, 0.2) is 5.03 Å². The van der Waals surface area contributed by atoms with Crippen molar-refractivity contribution in [3.8, 4) is 0 Å². The fraction of sp³-hybridized carbons (Fsp3) is 0.727. The Morgan fingerprint density at radius 1 is 1.50 bits per heavy atom. The highest BCUT2D eigenvalue weighted by Gasteiger charge is 2.23. The highest BCUT2D eigenvalue weighted by atomic mass is 32.2. The fourth-order valence-corrected chi connectivity index (χ4v) is 2.78. The lowest BCUT2D eigenvalue weighted by Crippen LogP contribution is -2.33. The second-order valence-corrected chi connectivity index (χ2v) is 6.24. The molecule has 18 heavy (non-hydrogen) atoms. The Morgan fingerprint density at radius 3 is 2.72 bits per heavy atom. The van der Waals surface area contributed by atoms with Crippen LogP contribution in [0, 0.1) is 6.92 Å². The van der Waals surface area contributed by atoms with Crippen molar-refractivity contribution in [1.82, 2.24) is 19.2 Å². The molecule has 0 atom stereocenters. The van der Waals surface area contributed by atoms with Crippen LogP contribution in [-0.4, -0.2) is 49.5 Å². The summed E-state index contributed by atoms with van der Waals surface area (Å²) in [4.78, 5) is 4.14. The molecular formula is C11H22N4O2S. The van der Waals surface area contributed by atoms with Gasteiger partial charge in [0.05, 0.1) is 0 Å². The van der Waals surface area contributed by atoms with Crippen LogP contribution in [0.5, 0.6) is 0 Å². The van der Waals surface area contributed by atoms with Crippen LogP contribution in [0.4, 0.5) is 0 Å². The molecular weight excluding hydrogens is 252 g/mol. The van der Waals surface area contributed by atoms with E-state index in [9.17, 15) is 8.42 Å². The summed E-state index contributed by atoms with van der Waals surface area (Å²) >= 11 is 0. The maximum absolute atomic E-state index is 12.2. The molecule has 1 rings (SSSR count). The molecule has 0 bridgehead atoms. The molecule has 1 aromatic rings. The normalized spacial score (nSPS) is 12.3. The zero-order valence-corrected chi connectivity index (χ0v) is 12.3. The summed E-state index contributed by atoms with van der Waals surface area (Å²) in [6.45, 7) is 5.70. The molecule has 0 radical (unpaired) electrons. The first-order valence-electron chi connectivity index (χ1n) is 6.08. The summed E-state index contributed by atoms with van der Waals surface area (Å²) in [6, 6.07) is 0. The first-order chi connectivity index (χ1) is 8.43. The number of rotatable bonds is 7. The molecule has 0 amide bonds. The Kier molecular flexibility index (Phi) is 5.30. The van der Waals surface area contributed by atoms with Gasteiger partial charge in [0, 0.05) is 32.9 Å². The van der Waals surface area contributed by atoms with E-state index < -0.39 is 10.0 Å². The van der Waals surface area contributed by atoms with Crippen LogP contribution in [0.25, 0.3) is 0 Å². The maximum Gasteiger partial charge on any atom is 0.261 e. The van der Waals surface area contributed by atoms with Gasteiger partial charge in [0.1, 0.15) is 5.82 Å². The molecule has 7 heteroatoms. The summed E-state index contributed by atoms with van der Waals surface area (Å²) in [7, 11) is -0.107. The second-order valence-electron chi connectivity index (χ2n) is 4.25. The summed E-state index contributed by atoms with van der Waals surface area (Å²) < 4.78 is 27.7. The topological polar surface area (TPSA) is 67.2 Å². The molecule has 0 aliphatic carbocycles. The van der Waals surface area contributed by atoms with Crippen molar-refractivity contribution in [3.63, 3.8) is 0 Å². The average Bonchev–Trinajstić information content (AvgIpc) is 2.69. The Balaban J connectivity index is 2.94. The van der Waals surface area contributed by atoms with E-state index in [4.69, 9.17) is 0 Å². The second kappa shape index (κ2) is 6.31. The molecule has 0 fully saturated rings. The molecule has 0 spiro atoms. The first kappa shape index (κ1) is 15.1. The predicted octanol–water partition coefficient (Wildman–Crippen LogP) is 0.441. The van der Waals surface area contributed by atoms with Gasteiger partial charge in [-0.2, -0.15) is 4.31 Å². The largest absolute Gasteiger partial charge is 0.334 e. The number of aryl methyl sites for hydroxylation is 2. The quantitative estimate of drug-likeness (QED) is 0.783. The molecule has 0 saturated carbocycles. The van der Waals surface area contributed by atoms with E-state index in [1.54, 1.807) is 20.3 Å². The van der Waals surface area contributed by atoms with Gasteiger partial charge < -0.3 is 9.88 Å². The van der Waals surface area contributed by atoms with Gasteiger partial charge in [0.25, 0.3) is 10.0 Å². The molecule has 0 aromatic carbocycles. The number of likely N-dealkylation sites (N-methyl/N-ethyl adjacent to an activating group) is 2. The molecule has 1 aromatic heterocycles. The van der Waals surface area contributed by atoms with Crippen molar-refractivity contribution in [2.75, 3.05) is 27.2 Å². The van der Waals surface area contributed by atoms with Gasteiger partial charge in [-0.25, -0.2) is 13.4 Å². The monoisotopic (exact) mass is 274 g/mol. The van der Waals surface area contributed by atoms with Crippen LogP contribution in [-0.2, 0) is 16.6 Å². The molecule has 0 unspecified atom stereocenters. The Hall–Kier alpha value is -0.920. The van der Waals surface area contributed by atoms with E-state index in [2.05, 4.69) is 10.3 Å². The standard InChI is InChI=1S/C11H22N4O2S/c1-5-7-15-9-11(13-10(15)2)18(16,17)14(4)8-6-12-3/h9,12H,5-8H2,1-4H3. The van der Waals surface area contributed by atoms with Gasteiger partial charge in [0.2, 0.25) is 0 Å². The number of nitrogens with one attached hydrogen (secondary N) is 1. The minimum Gasteiger partial charge on any atom is -0.334 e. The van der Waals surface area contributed by atoms with Crippen molar-refractivity contribution in [2.24, 2.45) is 0 Å². The molecule has 0 saturated heterocycles. The molecule has 0 aliphatic heterocycles. The van der Waals surface area contributed by atoms with Gasteiger partial charge in [-0.05, 0) is 20.4 Å². The lowest BCUT2D eigenvalue weighted by Gasteiger charge is -2.14. The zero-order valence-electron chi connectivity index (χ0n) is 11.5. The number of sulfonamides is 1. The highest BCUT2D eigenvalue weighted by molar-refractivity contribution is 7.89. The van der Waals surface area contributed by atoms with E-state index in [0.717, 1.165) is 18.8 Å². The van der Waals surface area contributed by atoms with Crippen molar-refractivity contribution >= 4 is 10.0 Å². The van der Waals surface area contributed by atoms with E-state index >= 15 is 0 Å². The van der Waals surface area contributed by atoms with Crippen LogP contribution >= 0.6 is 0 Å². The van der Waals surface area contributed by atoms with Gasteiger partial charge in [-0.15, -0.1) is 0 Å². The number of hydrogen-bond donors (Lipinski definition) is 1. The predicted molar refractivity (Wildman–Crippen MR) is 71.0 cm³/mol. The molecule has 1 heterocycles. The van der Waals surface area contributed by atoms with Crippen LogP contribution < -0.4 is 5.32 Å². The summed E-state index contributed by atoms with van der Waals surface area (Å²) in [5.74, 6) is 0.734. The SMILES string of the molecule is CCCn1cc(S(=O)(=O)N(C)CCNC)nc1C. The van der Waals surface area contributed by atoms with Crippen molar-refractivity contribution in [3.05, 3.63) is 12.0 Å². The summed E-state index contributed by atoms with van der Waals surface area (Å²) in [5, 5.41) is 3.06. The summed E-state index contributed by atoms with van der Waals surface area (Å²) in [6.07, 6.45) is 2.57. The van der Waals surface area contributed by atoms with E-state index in [-0.39, 0.29) is 5.03 Å². The Labute approximate surface area is 109 Å². The average molecular weight is 274 g/mol. The first-order valence-corrected chi connectivity index (χ1v) is 7.52. The fourth-order valence-electron chi connectivity index (χ4n) is 1.62. The lowest BCUT2D eigenvalue weighted by atomic mass is 10.5.